The van der Waals surface area contributed by atoms with E-state index < -0.39 is 5.97 Å². The number of aliphatic carboxylic acids is 1. The van der Waals surface area contributed by atoms with Crippen LogP contribution in [0.15, 0.2) is 10.5 Å². The molecule has 1 aromatic heterocycles. The number of rotatable bonds is 5. The Labute approximate surface area is 101 Å². The second kappa shape index (κ2) is 6.75. The van der Waals surface area contributed by atoms with E-state index in [0.29, 0.717) is 11.5 Å². The van der Waals surface area contributed by atoms with Crippen LogP contribution < -0.4 is 5.32 Å². The molecule has 0 aliphatic heterocycles. The van der Waals surface area contributed by atoms with Gasteiger partial charge >= 0.3 is 5.97 Å². The molecule has 0 fully saturated rings. The molecule has 0 saturated heterocycles. The Morgan fingerprint density at radius 3 is 2.94 bits per heavy atom. The SMILES string of the molecule is CON=C(C(=O)O)c1csc(NC=O)n1.Cl. The summed E-state index contributed by atoms with van der Waals surface area (Å²) in [6.07, 6.45) is 0.455. The van der Waals surface area contributed by atoms with Gasteiger partial charge in [-0.25, -0.2) is 9.78 Å². The van der Waals surface area contributed by atoms with Crippen molar-refractivity contribution in [3.8, 4) is 0 Å². The van der Waals surface area contributed by atoms with E-state index in [-0.39, 0.29) is 23.8 Å². The van der Waals surface area contributed by atoms with Crippen molar-refractivity contribution in [3.63, 3.8) is 0 Å². The molecule has 0 aromatic carbocycles. The molecule has 1 rings (SSSR count). The molecular weight excluding hydrogens is 258 g/mol. The predicted octanol–water partition coefficient (Wildman–Crippen LogP) is 0.568. The molecule has 1 amide bonds. The van der Waals surface area contributed by atoms with Crippen LogP contribution in [0.4, 0.5) is 5.13 Å². The number of carbonyl (C=O) groups is 2. The first-order chi connectivity index (χ1) is 7.19. The molecule has 0 radical (unpaired) electrons. The number of oxime groups is 1. The minimum Gasteiger partial charge on any atom is -0.476 e. The molecule has 0 aliphatic carbocycles. The van der Waals surface area contributed by atoms with Crippen molar-refractivity contribution in [1.82, 2.24) is 4.98 Å². The Kier molecular flexibility index (Phi) is 6.04. The Bertz CT molecular complexity index is 406. The van der Waals surface area contributed by atoms with Crippen LogP contribution in [0.25, 0.3) is 0 Å². The second-order valence-corrected chi connectivity index (χ2v) is 3.09. The third kappa shape index (κ3) is 3.48. The van der Waals surface area contributed by atoms with Crippen molar-refractivity contribution in [1.29, 1.82) is 0 Å². The molecule has 88 valence electrons. The van der Waals surface area contributed by atoms with E-state index in [0.717, 1.165) is 11.3 Å². The minimum absolute atomic E-state index is 0. The molecule has 9 heteroatoms. The molecule has 0 spiro atoms. The van der Waals surface area contributed by atoms with Gasteiger partial charge in [-0.1, -0.05) is 5.16 Å². The van der Waals surface area contributed by atoms with E-state index in [1.165, 1.54) is 12.5 Å². The normalized spacial score (nSPS) is 10.2. The number of nitrogens with zero attached hydrogens (tertiary/aromatic N) is 2. The molecule has 16 heavy (non-hydrogen) atoms. The maximum Gasteiger partial charge on any atom is 0.360 e. The van der Waals surface area contributed by atoms with Crippen LogP contribution in [0.3, 0.4) is 0 Å². The fourth-order valence-electron chi connectivity index (χ4n) is 0.786. The molecule has 1 aromatic rings. The highest BCUT2D eigenvalue weighted by molar-refractivity contribution is 7.14. The maximum absolute atomic E-state index is 10.7. The molecule has 1 heterocycles. The second-order valence-electron chi connectivity index (χ2n) is 2.23. The number of carboxylic acids is 1. The first-order valence-corrected chi connectivity index (χ1v) is 4.57. The number of hydrogen-bond acceptors (Lipinski definition) is 6. The van der Waals surface area contributed by atoms with Gasteiger partial charge in [0, 0.05) is 5.38 Å². The van der Waals surface area contributed by atoms with Gasteiger partial charge in [-0.15, -0.1) is 23.7 Å². The summed E-state index contributed by atoms with van der Waals surface area (Å²) in [4.78, 5) is 29.0. The van der Waals surface area contributed by atoms with E-state index in [1.807, 2.05) is 0 Å². The summed E-state index contributed by atoms with van der Waals surface area (Å²) >= 11 is 1.09. The third-order valence-corrected chi connectivity index (χ3v) is 2.09. The third-order valence-electron chi connectivity index (χ3n) is 1.31. The van der Waals surface area contributed by atoms with Crippen LogP contribution in [0, 0.1) is 0 Å². The average Bonchev–Trinajstić information content (AvgIpc) is 2.62. The fourth-order valence-corrected chi connectivity index (χ4v) is 1.44. The Balaban J connectivity index is 0.00000225. The van der Waals surface area contributed by atoms with Crippen LogP contribution in [0.1, 0.15) is 5.69 Å². The van der Waals surface area contributed by atoms with Crippen molar-refractivity contribution in [3.05, 3.63) is 11.1 Å². The number of nitrogens with one attached hydrogen (secondary N) is 1. The van der Waals surface area contributed by atoms with Crippen molar-refractivity contribution in [2.24, 2.45) is 5.16 Å². The van der Waals surface area contributed by atoms with Gasteiger partial charge in [0.05, 0.1) is 0 Å². The molecule has 0 bridgehead atoms. The van der Waals surface area contributed by atoms with E-state index in [9.17, 15) is 9.59 Å². The monoisotopic (exact) mass is 265 g/mol. The molecule has 7 nitrogen and oxygen atoms in total. The average molecular weight is 266 g/mol. The number of amides is 1. The molecule has 0 atom stereocenters. The van der Waals surface area contributed by atoms with E-state index in [2.05, 4.69) is 20.3 Å². The van der Waals surface area contributed by atoms with Crippen molar-refractivity contribution >= 4 is 47.0 Å². The lowest BCUT2D eigenvalue weighted by molar-refractivity contribution is -0.129. The van der Waals surface area contributed by atoms with Gasteiger partial charge < -0.3 is 15.3 Å². The molecule has 0 aliphatic rings. The fraction of sp³-hybridized carbons (Fsp3) is 0.143. The molecular formula is C7H8ClN3O4S. The Morgan fingerprint density at radius 2 is 2.44 bits per heavy atom. The van der Waals surface area contributed by atoms with Gasteiger partial charge in [0.15, 0.2) is 5.13 Å². The zero-order valence-electron chi connectivity index (χ0n) is 8.04. The highest BCUT2D eigenvalue weighted by atomic mass is 35.5. The Hall–Kier alpha value is -1.67. The summed E-state index contributed by atoms with van der Waals surface area (Å²) in [7, 11) is 1.24. The van der Waals surface area contributed by atoms with Gasteiger partial charge in [0.2, 0.25) is 12.1 Å². The van der Waals surface area contributed by atoms with Crippen molar-refractivity contribution in [2.45, 2.75) is 0 Å². The first-order valence-electron chi connectivity index (χ1n) is 3.69. The summed E-state index contributed by atoms with van der Waals surface area (Å²) < 4.78 is 0. The summed E-state index contributed by atoms with van der Waals surface area (Å²) in [5.41, 5.74) is -0.175. The maximum atomic E-state index is 10.7. The quantitative estimate of drug-likeness (QED) is 0.460. The van der Waals surface area contributed by atoms with Crippen LogP contribution in [-0.2, 0) is 14.4 Å². The topological polar surface area (TPSA) is 101 Å². The summed E-state index contributed by atoms with van der Waals surface area (Å²) in [5.74, 6) is -1.25. The number of carbonyl (C=O) groups excluding carboxylic acids is 1. The largest absolute Gasteiger partial charge is 0.476 e. The van der Waals surface area contributed by atoms with Crippen LogP contribution >= 0.6 is 23.7 Å². The van der Waals surface area contributed by atoms with Gasteiger partial charge in [-0.2, -0.15) is 0 Å². The number of thiazole rings is 1. The predicted molar refractivity (Wildman–Crippen MR) is 60.2 cm³/mol. The summed E-state index contributed by atoms with van der Waals surface area (Å²) in [5, 5.41) is 16.1. The zero-order chi connectivity index (χ0) is 11.3. The number of aromatic nitrogens is 1. The smallest absolute Gasteiger partial charge is 0.360 e. The lowest BCUT2D eigenvalue weighted by Gasteiger charge is -1.94. The minimum atomic E-state index is -1.25. The number of hydrogen-bond donors (Lipinski definition) is 2. The molecule has 0 unspecified atom stereocenters. The molecule has 2 N–H and O–H groups in total. The van der Waals surface area contributed by atoms with Crippen LogP contribution in [0.2, 0.25) is 0 Å². The lowest BCUT2D eigenvalue weighted by atomic mass is 10.3. The van der Waals surface area contributed by atoms with E-state index >= 15 is 0 Å². The first kappa shape index (κ1) is 14.3. The standard InChI is InChI=1S/C7H7N3O4S.ClH/c1-14-10-5(6(12)13)4-2-15-7(9-4)8-3-11;/h2-3H,1H3,(H,12,13)(H,8,9,11);1H. The highest BCUT2D eigenvalue weighted by Gasteiger charge is 2.17. The van der Waals surface area contributed by atoms with Crippen LogP contribution in [0.5, 0.6) is 0 Å². The van der Waals surface area contributed by atoms with E-state index in [4.69, 9.17) is 5.11 Å². The molecule has 0 saturated carbocycles. The summed E-state index contributed by atoms with van der Waals surface area (Å²) in [6, 6.07) is 0. The number of carboxylic acid groups (broad SMARTS) is 1. The van der Waals surface area contributed by atoms with Crippen molar-refractivity contribution < 1.29 is 19.5 Å². The van der Waals surface area contributed by atoms with Gasteiger partial charge in [0.25, 0.3) is 0 Å². The highest BCUT2D eigenvalue weighted by Crippen LogP contribution is 2.15. The van der Waals surface area contributed by atoms with Gasteiger partial charge in [0.1, 0.15) is 12.8 Å². The Morgan fingerprint density at radius 1 is 1.75 bits per heavy atom. The summed E-state index contributed by atoms with van der Waals surface area (Å²) in [6.45, 7) is 0. The van der Waals surface area contributed by atoms with Crippen LogP contribution in [-0.4, -0.2) is 35.3 Å². The lowest BCUT2D eigenvalue weighted by Crippen LogP contribution is -2.15. The van der Waals surface area contributed by atoms with Gasteiger partial charge in [-0.3, -0.25) is 4.79 Å². The number of anilines is 1. The van der Waals surface area contributed by atoms with E-state index in [1.54, 1.807) is 0 Å². The number of halogens is 1. The zero-order valence-corrected chi connectivity index (χ0v) is 9.67. The van der Waals surface area contributed by atoms with Crippen molar-refractivity contribution in [2.75, 3.05) is 12.4 Å². The van der Waals surface area contributed by atoms with Gasteiger partial charge in [-0.05, 0) is 0 Å².